The van der Waals surface area contributed by atoms with Crippen LogP contribution >= 0.6 is 45.3 Å². The number of rotatable bonds is 48. The summed E-state index contributed by atoms with van der Waals surface area (Å²) in [5, 5.41) is 40.4. The monoisotopic (exact) mass is 1870 g/mol. The zero-order chi connectivity index (χ0) is 94.3. The van der Waals surface area contributed by atoms with Gasteiger partial charge in [-0.1, -0.05) is 236 Å². The highest BCUT2D eigenvalue weighted by atomic mass is 32.1. The Hall–Kier alpha value is -8.62. The average molecular weight is 1870 g/mol. The Morgan fingerprint density at radius 1 is 0.333 bits per heavy atom. The number of thiophene rings is 4. The fourth-order valence-corrected chi connectivity index (χ4v) is 23.5. The molecule has 4 aromatic heterocycles. The summed E-state index contributed by atoms with van der Waals surface area (Å²) in [6.07, 6.45) is 39.1. The maximum atomic E-state index is 11.8. The lowest BCUT2D eigenvalue weighted by molar-refractivity contribution is 0.0322. The molecule has 17 heteroatoms. The van der Waals surface area contributed by atoms with Crippen LogP contribution in [0.15, 0.2) is 192 Å². The largest absolute Gasteiger partial charge is 0.497 e. The number of carbonyl (C=O) groups is 4. The van der Waals surface area contributed by atoms with Gasteiger partial charge in [0.2, 0.25) is 0 Å². The van der Waals surface area contributed by atoms with Gasteiger partial charge in [-0.05, 0) is 338 Å². The summed E-state index contributed by atoms with van der Waals surface area (Å²) < 4.78 is 26.2. The highest BCUT2D eigenvalue weighted by molar-refractivity contribution is 7.15. The first kappa shape index (κ1) is 105. The maximum absolute atomic E-state index is 11.8. The van der Waals surface area contributed by atoms with E-state index in [0.29, 0.717) is 49.8 Å². The third kappa shape index (κ3) is 32.0. The Labute approximate surface area is 805 Å². The minimum absolute atomic E-state index is 0.0952. The molecule has 5 aromatic carbocycles. The van der Waals surface area contributed by atoms with Crippen molar-refractivity contribution in [2.75, 3.05) is 28.4 Å². The van der Waals surface area contributed by atoms with Crippen molar-refractivity contribution in [3.05, 3.63) is 281 Å². The lowest BCUT2D eigenvalue weighted by Gasteiger charge is -2.20. The molecule has 4 aliphatic carbocycles. The molecule has 4 unspecified atom stereocenters. The van der Waals surface area contributed by atoms with Crippen LogP contribution in [0.25, 0.3) is 22.3 Å². The number of aliphatic hydroxyl groups is 3. The molecule has 0 radical (unpaired) electrons. The lowest BCUT2D eigenvalue weighted by atomic mass is 9.88. The fraction of sp³-hybridized carbons (Fsp3) is 0.496. The van der Waals surface area contributed by atoms with Gasteiger partial charge < -0.3 is 44.1 Å². The van der Waals surface area contributed by atoms with E-state index < -0.39 is 5.97 Å². The van der Waals surface area contributed by atoms with Gasteiger partial charge in [-0.15, -0.1) is 45.3 Å². The van der Waals surface area contributed by atoms with Gasteiger partial charge in [0.15, 0.2) is 0 Å². The van der Waals surface area contributed by atoms with E-state index in [1.807, 2.05) is 36.4 Å². The normalized spacial score (nSPS) is 16.9. The van der Waals surface area contributed by atoms with Crippen LogP contribution in [0.2, 0.25) is 0 Å². The zero-order valence-electron chi connectivity index (χ0n) is 81.0. The summed E-state index contributed by atoms with van der Waals surface area (Å²) in [6.45, 7) is 18.5. The number of aliphatic hydroxyl groups excluding tert-OH is 3. The van der Waals surface area contributed by atoms with Gasteiger partial charge in [0.25, 0.3) is 0 Å². The molecule has 13 nitrogen and oxygen atoms in total. The number of benzene rings is 5. The van der Waals surface area contributed by atoms with E-state index in [0.717, 1.165) is 142 Å². The summed E-state index contributed by atoms with van der Waals surface area (Å²) in [5.41, 5.74) is 22.9. The molecule has 13 rings (SSSR count). The van der Waals surface area contributed by atoms with Gasteiger partial charge in [0.1, 0.15) is 25.3 Å². The van der Waals surface area contributed by atoms with E-state index in [1.54, 1.807) is 47.2 Å². The molecule has 132 heavy (non-hydrogen) atoms. The molecule has 4 aliphatic rings. The topological polar surface area (TPSA) is 195 Å². The van der Waals surface area contributed by atoms with Crippen LogP contribution < -0.4 is 4.74 Å². The van der Waals surface area contributed by atoms with Crippen molar-refractivity contribution >= 4 is 91.5 Å². The van der Waals surface area contributed by atoms with Crippen molar-refractivity contribution in [3.8, 4) is 5.75 Å². The van der Waals surface area contributed by atoms with E-state index in [9.17, 15) is 34.5 Å². The van der Waals surface area contributed by atoms with E-state index in [2.05, 4.69) is 183 Å². The smallest absolute Gasteiger partial charge is 0.348 e. The number of unbranched alkanes of at least 4 members (excludes halogenated alkanes) is 8. The van der Waals surface area contributed by atoms with Gasteiger partial charge in [-0.3, -0.25) is 0 Å². The predicted octanol–water partition coefficient (Wildman–Crippen LogP) is 31.6. The second kappa shape index (κ2) is 56.0. The minimum Gasteiger partial charge on any atom is -0.497 e. The van der Waals surface area contributed by atoms with Crippen LogP contribution in [0.5, 0.6) is 5.75 Å². The van der Waals surface area contributed by atoms with Crippen molar-refractivity contribution in [1.82, 2.24) is 0 Å². The fourth-order valence-electron chi connectivity index (χ4n) is 19.7. The van der Waals surface area contributed by atoms with Crippen LogP contribution in [0.1, 0.15) is 394 Å². The Bertz CT molecular complexity index is 4980. The second-order valence-corrected chi connectivity index (χ2v) is 41.5. The van der Waals surface area contributed by atoms with Crippen molar-refractivity contribution in [2.45, 2.75) is 318 Å². The Balaban J connectivity index is 0.000000184. The molecule has 8 atom stereocenters. The highest BCUT2D eigenvalue weighted by Gasteiger charge is 2.30. The summed E-state index contributed by atoms with van der Waals surface area (Å²) in [6, 6.07) is 58.7. The van der Waals surface area contributed by atoms with Crippen molar-refractivity contribution in [2.24, 2.45) is 23.7 Å². The number of allylic oxidation sites excluding steroid dienone is 8. The van der Waals surface area contributed by atoms with Crippen LogP contribution in [-0.4, -0.2) is 72.7 Å². The Kier molecular flexibility index (Phi) is 44.8. The number of hydrogen-bond donors (Lipinski definition) is 4. The number of ether oxygens (including phenoxy) is 5. The quantitative estimate of drug-likeness (QED) is 0.0160. The SMILES string of the molecule is CCCCCC(O)c1ccc(C2=C(C)CC[C@@H]2CCCc2ccc(C(=O)O)s2)cc1.CCCCCC(O)c1ccc(C2=C(C)CC[C@@H]2CCCc2ccc(C(=O)OC)s2)cc1.CCCCCC(O)c1ccc(C2=C(C)CC[C@@H]2CCCc2ccc(C(=O)OC)s2)cc1.CCCCCC(OCc1ccc(OC)cc1)c1ccc(C2=C(C)CC[C@@H]2CCCc2ccc(C(=O)OC)s2)cc1. The molecule has 0 fully saturated rings. The van der Waals surface area contributed by atoms with Gasteiger partial charge in [0, 0.05) is 19.5 Å². The number of carbonyl (C=O) groups excluding carboxylic acids is 3. The van der Waals surface area contributed by atoms with Crippen molar-refractivity contribution in [1.29, 1.82) is 0 Å². The Morgan fingerprint density at radius 3 is 0.871 bits per heavy atom. The molecule has 0 aliphatic heterocycles. The van der Waals surface area contributed by atoms with E-state index in [4.69, 9.17) is 28.8 Å². The summed E-state index contributed by atoms with van der Waals surface area (Å²) in [5.74, 6) is 1.67. The van der Waals surface area contributed by atoms with Crippen molar-refractivity contribution < 1.29 is 63.3 Å². The molecular weight excluding hydrogens is 1720 g/mol. The third-order valence-electron chi connectivity index (χ3n) is 27.2. The first-order valence-corrected chi connectivity index (χ1v) is 52.7. The van der Waals surface area contributed by atoms with E-state index >= 15 is 0 Å². The predicted molar refractivity (Wildman–Crippen MR) is 549 cm³/mol. The van der Waals surface area contributed by atoms with Gasteiger partial charge in [0.05, 0.1) is 59.5 Å². The summed E-state index contributed by atoms with van der Waals surface area (Å²) in [4.78, 5) is 53.5. The molecule has 4 heterocycles. The summed E-state index contributed by atoms with van der Waals surface area (Å²) in [7, 11) is 5.99. The maximum Gasteiger partial charge on any atom is 0.348 e. The van der Waals surface area contributed by atoms with Crippen LogP contribution in [-0.2, 0) is 51.2 Å². The standard InChI is InChI=1S/C35H44O4S.2C27H36O3S.C26H34O3S/c1-5-6-7-11-32(39-24-26-13-20-30(37-3)21-14-26)27-16-18-29(19-17-27)34-25(2)12-15-28(34)9-8-10-31-22-23-33(40-31)35(36)38-4;2*1-4-5-6-10-24(28)20-13-15-22(16-14-20)26-19(2)11-12-21(26)8-7-9-23-17-18-25(31-23)27(29)30-3;1-3-4-5-9-23(27)19-12-14-21(15-13-19)25-18(2)10-11-20(25)7-6-8-22-16-17-24(30-22)26(28)29/h13-14,16-23,28,32H,5-12,15,24H2,1-4H3;2*13-18,21,24,28H,4-12H2,1-3H3;12-17,20,23,27H,3-11H2,1-2H3,(H,28,29)/t28-,32?;2*21-,24?;20-,23?/m0000/s1. The number of aromatic carboxylic acids is 1. The first-order valence-electron chi connectivity index (χ1n) is 49.4. The van der Waals surface area contributed by atoms with Crippen LogP contribution in [0, 0.1) is 23.7 Å². The van der Waals surface area contributed by atoms with E-state index in [-0.39, 0.29) is 42.3 Å². The highest BCUT2D eigenvalue weighted by Crippen LogP contribution is 2.47. The Morgan fingerprint density at radius 2 is 0.606 bits per heavy atom. The molecule has 712 valence electrons. The van der Waals surface area contributed by atoms with Crippen LogP contribution in [0.4, 0.5) is 0 Å². The third-order valence-corrected chi connectivity index (χ3v) is 31.7. The zero-order valence-corrected chi connectivity index (χ0v) is 84.3. The molecule has 0 saturated carbocycles. The van der Waals surface area contributed by atoms with Crippen LogP contribution in [0.3, 0.4) is 0 Å². The number of hydrogen-bond acceptors (Lipinski definition) is 16. The number of methoxy groups -OCH3 is 4. The lowest BCUT2D eigenvalue weighted by Crippen LogP contribution is -2.06. The van der Waals surface area contributed by atoms with Crippen molar-refractivity contribution in [3.63, 3.8) is 0 Å². The molecular formula is C115H150O13S4. The molecule has 0 amide bonds. The van der Waals surface area contributed by atoms with E-state index in [1.165, 1.54) is 242 Å². The number of carboxylic acids is 1. The first-order chi connectivity index (χ1) is 64.1. The van der Waals surface area contributed by atoms with Gasteiger partial charge in [-0.25, -0.2) is 19.2 Å². The number of carboxylic acid groups (broad SMARTS) is 1. The number of aryl methyl sites for hydroxylation is 4. The second-order valence-electron chi connectivity index (χ2n) is 36.8. The molecule has 4 N–H and O–H groups in total. The molecule has 0 spiro atoms. The molecule has 0 bridgehead atoms. The average Bonchev–Trinajstić information content (AvgIpc) is 1.65. The molecule has 0 saturated heterocycles. The van der Waals surface area contributed by atoms with Gasteiger partial charge in [-0.2, -0.15) is 0 Å². The number of esters is 3. The summed E-state index contributed by atoms with van der Waals surface area (Å²) >= 11 is 6.05. The molecule has 9 aromatic rings. The minimum atomic E-state index is -0.832. The van der Waals surface area contributed by atoms with Gasteiger partial charge >= 0.3 is 23.9 Å².